The number of nitrogens with zero attached hydrogens (tertiary/aromatic N) is 3. The Hall–Kier alpha value is -2.12. The Kier molecular flexibility index (Phi) is 3.77. The van der Waals surface area contributed by atoms with Crippen molar-refractivity contribution < 1.29 is 18.0 Å². The van der Waals surface area contributed by atoms with E-state index in [1.807, 2.05) is 13.8 Å². The van der Waals surface area contributed by atoms with E-state index < -0.39 is 17.8 Å². The molecule has 2 aromatic heterocycles. The number of hydrogen-bond acceptors (Lipinski definition) is 3. The van der Waals surface area contributed by atoms with Gasteiger partial charge in [0.15, 0.2) is 5.65 Å². The Morgan fingerprint density at radius 1 is 1.43 bits per heavy atom. The van der Waals surface area contributed by atoms with Crippen molar-refractivity contribution in [3.8, 4) is 0 Å². The van der Waals surface area contributed by atoms with Gasteiger partial charge in [-0.1, -0.05) is 13.8 Å². The molecule has 124 valence electrons. The Labute approximate surface area is 130 Å². The van der Waals surface area contributed by atoms with Crippen LogP contribution in [0.1, 0.15) is 54.4 Å². The van der Waals surface area contributed by atoms with E-state index in [9.17, 15) is 18.0 Å². The van der Waals surface area contributed by atoms with Crippen LogP contribution >= 0.6 is 0 Å². The summed E-state index contributed by atoms with van der Waals surface area (Å²) in [7, 11) is 0. The molecule has 0 radical (unpaired) electrons. The Bertz CT molecular complexity index is 747. The molecule has 1 N–H and O–H groups in total. The zero-order valence-electron chi connectivity index (χ0n) is 12.8. The van der Waals surface area contributed by atoms with Crippen LogP contribution in [-0.2, 0) is 6.18 Å². The van der Waals surface area contributed by atoms with Gasteiger partial charge in [0.2, 0.25) is 0 Å². The molecule has 2 aromatic rings. The number of fused-ring (bicyclic) bond motifs is 1. The fraction of sp³-hybridized carbons (Fsp3) is 0.533. The largest absolute Gasteiger partial charge is 0.433 e. The predicted octanol–water partition coefficient (Wildman–Crippen LogP) is 3.01. The van der Waals surface area contributed by atoms with E-state index in [0.717, 1.165) is 25.1 Å². The van der Waals surface area contributed by atoms with Crippen molar-refractivity contribution in [1.82, 2.24) is 19.9 Å². The summed E-state index contributed by atoms with van der Waals surface area (Å²) < 4.78 is 40.5. The topological polar surface area (TPSA) is 59.3 Å². The minimum absolute atomic E-state index is 0.0389. The van der Waals surface area contributed by atoms with Crippen LogP contribution in [0.2, 0.25) is 0 Å². The first-order valence-corrected chi connectivity index (χ1v) is 7.51. The molecule has 8 heteroatoms. The highest BCUT2D eigenvalue weighted by Gasteiger charge is 2.37. The molecular weight excluding hydrogens is 309 g/mol. The maximum absolute atomic E-state index is 13.3. The Morgan fingerprint density at radius 3 is 2.70 bits per heavy atom. The molecule has 0 bridgehead atoms. The van der Waals surface area contributed by atoms with Crippen molar-refractivity contribution in [1.29, 1.82) is 0 Å². The lowest BCUT2D eigenvalue weighted by Crippen LogP contribution is -2.27. The molecule has 1 aliphatic carbocycles. The molecular formula is C15H17F3N4O. The summed E-state index contributed by atoms with van der Waals surface area (Å²) in [6, 6.07) is 1.04. The number of alkyl halides is 3. The zero-order chi connectivity index (χ0) is 16.8. The minimum Gasteiger partial charge on any atom is -0.352 e. The molecule has 1 saturated carbocycles. The van der Waals surface area contributed by atoms with Gasteiger partial charge in [0.25, 0.3) is 5.91 Å². The van der Waals surface area contributed by atoms with Crippen LogP contribution in [0.5, 0.6) is 0 Å². The van der Waals surface area contributed by atoms with Crippen LogP contribution < -0.4 is 5.32 Å². The van der Waals surface area contributed by atoms with Crippen molar-refractivity contribution in [2.45, 2.75) is 38.8 Å². The average molecular weight is 326 g/mol. The zero-order valence-corrected chi connectivity index (χ0v) is 12.8. The van der Waals surface area contributed by atoms with Crippen molar-refractivity contribution in [3.63, 3.8) is 0 Å². The van der Waals surface area contributed by atoms with Crippen LogP contribution in [0.3, 0.4) is 0 Å². The van der Waals surface area contributed by atoms with E-state index in [0.29, 0.717) is 16.8 Å². The van der Waals surface area contributed by atoms with E-state index in [4.69, 9.17) is 0 Å². The highest BCUT2D eigenvalue weighted by Crippen LogP contribution is 2.41. The first-order chi connectivity index (χ1) is 10.8. The van der Waals surface area contributed by atoms with Crippen LogP contribution in [0.4, 0.5) is 13.2 Å². The molecule has 0 aromatic carbocycles. The number of nitrogens with one attached hydrogen (secondary N) is 1. The van der Waals surface area contributed by atoms with Gasteiger partial charge in [-0.15, -0.1) is 0 Å². The van der Waals surface area contributed by atoms with E-state index >= 15 is 0 Å². The van der Waals surface area contributed by atoms with Gasteiger partial charge in [0.1, 0.15) is 11.3 Å². The molecule has 23 heavy (non-hydrogen) atoms. The Morgan fingerprint density at radius 2 is 2.13 bits per heavy atom. The third-order valence-corrected chi connectivity index (χ3v) is 3.69. The van der Waals surface area contributed by atoms with E-state index in [1.54, 1.807) is 0 Å². The smallest absolute Gasteiger partial charge is 0.352 e. The third kappa shape index (κ3) is 3.16. The molecule has 3 rings (SSSR count). The molecule has 0 saturated heterocycles. The van der Waals surface area contributed by atoms with Gasteiger partial charge in [0.05, 0.1) is 6.20 Å². The maximum Gasteiger partial charge on any atom is 0.433 e. The summed E-state index contributed by atoms with van der Waals surface area (Å²) in [5.74, 6) is -0.175. The van der Waals surface area contributed by atoms with Gasteiger partial charge in [-0.3, -0.25) is 4.79 Å². The van der Waals surface area contributed by atoms with E-state index in [2.05, 4.69) is 15.4 Å². The van der Waals surface area contributed by atoms with Crippen LogP contribution in [0.15, 0.2) is 12.3 Å². The third-order valence-electron chi connectivity index (χ3n) is 3.69. The second-order valence-electron chi connectivity index (χ2n) is 6.24. The van der Waals surface area contributed by atoms with Gasteiger partial charge in [0, 0.05) is 18.2 Å². The van der Waals surface area contributed by atoms with Gasteiger partial charge >= 0.3 is 6.18 Å². The van der Waals surface area contributed by atoms with Gasteiger partial charge < -0.3 is 5.32 Å². The molecule has 1 amide bonds. The minimum atomic E-state index is -4.55. The number of amides is 1. The van der Waals surface area contributed by atoms with Crippen molar-refractivity contribution in [3.05, 3.63) is 29.2 Å². The van der Waals surface area contributed by atoms with Crippen LogP contribution in [0, 0.1) is 5.92 Å². The fourth-order valence-electron chi connectivity index (χ4n) is 2.32. The maximum atomic E-state index is 13.3. The standard InChI is InChI=1S/C15H17F3N4O/c1-8(2)6-19-14(23)10-7-20-22-12(15(16,17)18)5-11(9-3-4-9)21-13(10)22/h5,7-9H,3-4,6H2,1-2H3,(H,19,23). The number of carbonyl (C=O) groups excluding carboxylic acids is 1. The molecule has 0 aliphatic heterocycles. The quantitative estimate of drug-likeness (QED) is 0.939. The van der Waals surface area contributed by atoms with Gasteiger partial charge in [-0.2, -0.15) is 18.3 Å². The highest BCUT2D eigenvalue weighted by atomic mass is 19.4. The summed E-state index contributed by atoms with van der Waals surface area (Å²) in [6.07, 6.45) is -1.76. The monoisotopic (exact) mass is 326 g/mol. The predicted molar refractivity (Wildman–Crippen MR) is 77.1 cm³/mol. The van der Waals surface area contributed by atoms with Gasteiger partial charge in [-0.05, 0) is 24.8 Å². The summed E-state index contributed by atoms with van der Waals surface area (Å²) in [4.78, 5) is 16.5. The van der Waals surface area contributed by atoms with Gasteiger partial charge in [-0.25, -0.2) is 9.50 Å². The molecule has 0 unspecified atom stereocenters. The SMILES string of the molecule is CC(C)CNC(=O)c1cnn2c(C(F)(F)F)cc(C3CC3)nc12. The molecule has 5 nitrogen and oxygen atoms in total. The molecule has 0 atom stereocenters. The van der Waals surface area contributed by atoms with E-state index in [-0.39, 0.29) is 23.0 Å². The summed E-state index contributed by atoms with van der Waals surface area (Å²) in [6.45, 7) is 4.30. The lowest BCUT2D eigenvalue weighted by atomic mass is 10.2. The number of rotatable bonds is 4. The van der Waals surface area contributed by atoms with Crippen molar-refractivity contribution in [2.24, 2.45) is 5.92 Å². The lowest BCUT2D eigenvalue weighted by Gasteiger charge is -2.11. The number of aromatic nitrogens is 3. The van der Waals surface area contributed by atoms with Crippen LogP contribution in [0.25, 0.3) is 5.65 Å². The number of hydrogen-bond donors (Lipinski definition) is 1. The normalized spacial score (nSPS) is 15.4. The van der Waals surface area contributed by atoms with Crippen molar-refractivity contribution in [2.75, 3.05) is 6.54 Å². The van der Waals surface area contributed by atoms with E-state index in [1.165, 1.54) is 0 Å². The molecule has 1 fully saturated rings. The summed E-state index contributed by atoms with van der Waals surface area (Å²) >= 11 is 0. The molecule has 1 aliphatic rings. The first kappa shape index (κ1) is 15.8. The fourth-order valence-corrected chi connectivity index (χ4v) is 2.32. The number of carbonyl (C=O) groups is 1. The summed E-state index contributed by atoms with van der Waals surface area (Å²) in [5, 5.41) is 6.41. The second kappa shape index (κ2) is 5.50. The summed E-state index contributed by atoms with van der Waals surface area (Å²) in [5.41, 5.74) is -0.489. The molecule has 0 spiro atoms. The first-order valence-electron chi connectivity index (χ1n) is 7.51. The molecule has 2 heterocycles. The highest BCUT2D eigenvalue weighted by molar-refractivity contribution is 5.99. The van der Waals surface area contributed by atoms with Crippen molar-refractivity contribution >= 4 is 11.6 Å². The average Bonchev–Trinajstić information content (AvgIpc) is 3.22. The second-order valence-corrected chi connectivity index (χ2v) is 6.24. The van der Waals surface area contributed by atoms with Crippen LogP contribution in [-0.4, -0.2) is 27.0 Å². The number of halogens is 3. The Balaban J connectivity index is 2.07. The lowest BCUT2D eigenvalue weighted by molar-refractivity contribution is -0.142.